The number of hydrogen-bond donors (Lipinski definition) is 0. The molecule has 0 spiro atoms. The van der Waals surface area contributed by atoms with Gasteiger partial charge in [-0.15, -0.1) is 10.2 Å². The molecule has 2 aliphatic rings. The molecule has 2 aromatic rings. The van der Waals surface area contributed by atoms with Crippen molar-refractivity contribution in [2.24, 2.45) is 0 Å². The summed E-state index contributed by atoms with van der Waals surface area (Å²) in [5.74, 6) is 1.92. The third kappa shape index (κ3) is 5.35. The minimum atomic E-state index is -3.28. The van der Waals surface area contributed by atoms with Gasteiger partial charge in [-0.2, -0.15) is 4.31 Å². The highest BCUT2D eigenvalue weighted by Gasteiger charge is 2.35. The fraction of sp³-hybridized carbons (Fsp3) is 0.652. The Bertz CT molecular complexity index is 963. The second kappa shape index (κ2) is 9.38. The maximum absolute atomic E-state index is 12.1. The highest BCUT2D eigenvalue weighted by molar-refractivity contribution is 7.88. The molecule has 8 heteroatoms. The molecule has 1 aromatic carbocycles. The molecule has 3 heterocycles. The van der Waals surface area contributed by atoms with Gasteiger partial charge in [-0.05, 0) is 55.8 Å². The van der Waals surface area contributed by atoms with Crippen molar-refractivity contribution in [1.82, 2.24) is 19.4 Å². The number of benzene rings is 1. The van der Waals surface area contributed by atoms with Crippen LogP contribution in [0.4, 0.5) is 0 Å². The first-order valence-corrected chi connectivity index (χ1v) is 13.3. The first-order chi connectivity index (χ1) is 14.8. The normalized spacial score (nSPS) is 22.3. The van der Waals surface area contributed by atoms with E-state index in [1.165, 1.54) is 21.7 Å². The van der Waals surface area contributed by atoms with Crippen molar-refractivity contribution >= 4 is 10.0 Å². The number of sulfonamides is 1. The van der Waals surface area contributed by atoms with Gasteiger partial charge >= 0.3 is 0 Å². The lowest BCUT2D eigenvalue weighted by Crippen LogP contribution is -2.37. The molecule has 2 fully saturated rings. The van der Waals surface area contributed by atoms with E-state index >= 15 is 0 Å². The Morgan fingerprint density at radius 3 is 2.32 bits per heavy atom. The molecule has 0 bridgehead atoms. The second-order valence-electron chi connectivity index (χ2n) is 9.31. The largest absolute Gasteiger partial charge is 0.423 e. The van der Waals surface area contributed by atoms with Crippen molar-refractivity contribution < 1.29 is 12.8 Å². The summed E-state index contributed by atoms with van der Waals surface area (Å²) < 4.78 is 31.8. The van der Waals surface area contributed by atoms with Crippen LogP contribution in [0.3, 0.4) is 0 Å². The monoisotopic (exact) mass is 446 g/mol. The van der Waals surface area contributed by atoms with Crippen LogP contribution in [0.2, 0.25) is 0 Å². The Morgan fingerprint density at radius 1 is 1.00 bits per heavy atom. The van der Waals surface area contributed by atoms with Gasteiger partial charge in [-0.3, -0.25) is 4.90 Å². The third-order valence-electron chi connectivity index (χ3n) is 6.61. The lowest BCUT2D eigenvalue weighted by molar-refractivity contribution is 0.184. The molecule has 0 saturated carbocycles. The number of hydrogen-bond acceptors (Lipinski definition) is 6. The van der Waals surface area contributed by atoms with Crippen molar-refractivity contribution in [3.05, 3.63) is 47.2 Å². The minimum absolute atomic E-state index is 0.246. The minimum Gasteiger partial charge on any atom is -0.423 e. The number of piperidine rings is 2. The molecule has 2 saturated heterocycles. The second-order valence-corrected chi connectivity index (χ2v) is 11.2. The number of rotatable bonds is 6. The zero-order valence-corrected chi connectivity index (χ0v) is 19.6. The molecule has 7 nitrogen and oxygen atoms in total. The van der Waals surface area contributed by atoms with Gasteiger partial charge in [0.2, 0.25) is 21.8 Å². The molecule has 0 amide bonds. The summed E-state index contributed by atoms with van der Waals surface area (Å²) in [5.41, 5.74) is 2.73. The standard InChI is InChI=1S/C23H34N4O3S/c1-17(2)19-9-7-18(8-10-19)16-26-14-11-20(12-15-26)22-24-25-23(30-22)21-6-4-5-13-27(21)31(3,28)29/h7-10,17,20-21H,4-6,11-16H2,1-3H3/t21-/m0/s1. The van der Waals surface area contributed by atoms with Crippen LogP contribution in [-0.4, -0.2) is 53.7 Å². The maximum Gasteiger partial charge on any atom is 0.234 e. The quantitative estimate of drug-likeness (QED) is 0.666. The molecule has 0 radical (unpaired) electrons. The van der Waals surface area contributed by atoms with Gasteiger partial charge in [0.1, 0.15) is 6.04 Å². The smallest absolute Gasteiger partial charge is 0.234 e. The number of aromatic nitrogens is 2. The van der Waals surface area contributed by atoms with Crippen LogP contribution in [0, 0.1) is 0 Å². The molecule has 0 aliphatic carbocycles. The van der Waals surface area contributed by atoms with Gasteiger partial charge in [-0.1, -0.05) is 44.5 Å². The van der Waals surface area contributed by atoms with E-state index in [9.17, 15) is 8.42 Å². The fourth-order valence-electron chi connectivity index (χ4n) is 4.70. The summed E-state index contributed by atoms with van der Waals surface area (Å²) in [7, 11) is -3.28. The average Bonchev–Trinajstić information content (AvgIpc) is 3.24. The molecular formula is C23H34N4O3S. The third-order valence-corrected chi connectivity index (χ3v) is 7.90. The van der Waals surface area contributed by atoms with Crippen molar-refractivity contribution in [3.63, 3.8) is 0 Å². The van der Waals surface area contributed by atoms with Gasteiger partial charge in [0.05, 0.1) is 6.26 Å². The van der Waals surface area contributed by atoms with Gasteiger partial charge in [0.25, 0.3) is 0 Å². The van der Waals surface area contributed by atoms with Crippen LogP contribution < -0.4 is 0 Å². The van der Waals surface area contributed by atoms with E-state index < -0.39 is 10.0 Å². The van der Waals surface area contributed by atoms with Crippen molar-refractivity contribution in [3.8, 4) is 0 Å². The summed E-state index contributed by atoms with van der Waals surface area (Å²) in [6, 6.07) is 8.63. The summed E-state index contributed by atoms with van der Waals surface area (Å²) in [4.78, 5) is 2.48. The topological polar surface area (TPSA) is 79.5 Å². The van der Waals surface area contributed by atoms with Crippen LogP contribution in [-0.2, 0) is 16.6 Å². The van der Waals surface area contributed by atoms with Crippen molar-refractivity contribution in [2.75, 3.05) is 25.9 Å². The number of nitrogens with zero attached hydrogens (tertiary/aromatic N) is 4. The zero-order chi connectivity index (χ0) is 22.0. The predicted molar refractivity (Wildman–Crippen MR) is 120 cm³/mol. The van der Waals surface area contributed by atoms with Gasteiger partial charge < -0.3 is 4.42 Å². The summed E-state index contributed by atoms with van der Waals surface area (Å²) in [5, 5.41) is 8.56. The molecule has 2 aliphatic heterocycles. The van der Waals surface area contributed by atoms with Crippen LogP contribution in [0.15, 0.2) is 28.7 Å². The predicted octanol–water partition coefficient (Wildman–Crippen LogP) is 4.06. The van der Waals surface area contributed by atoms with Crippen LogP contribution >= 0.6 is 0 Å². The molecular weight excluding hydrogens is 412 g/mol. The molecule has 31 heavy (non-hydrogen) atoms. The van der Waals surface area contributed by atoms with Crippen molar-refractivity contribution in [1.29, 1.82) is 0 Å². The first kappa shape index (κ1) is 22.4. The van der Waals surface area contributed by atoms with E-state index in [2.05, 4.69) is 53.2 Å². The Hall–Kier alpha value is -1.77. The van der Waals surface area contributed by atoms with Gasteiger partial charge in [0, 0.05) is 19.0 Å². The highest BCUT2D eigenvalue weighted by atomic mass is 32.2. The molecule has 1 aromatic heterocycles. The van der Waals surface area contributed by atoms with Gasteiger partial charge in [-0.25, -0.2) is 8.42 Å². The Balaban J connectivity index is 1.35. The van der Waals surface area contributed by atoms with E-state index in [4.69, 9.17) is 4.42 Å². The lowest BCUT2D eigenvalue weighted by Gasteiger charge is -2.31. The Morgan fingerprint density at radius 2 is 1.68 bits per heavy atom. The molecule has 170 valence electrons. The molecule has 1 atom stereocenters. The fourth-order valence-corrected chi connectivity index (χ4v) is 5.82. The maximum atomic E-state index is 12.1. The van der Waals surface area contributed by atoms with E-state index in [0.717, 1.165) is 51.7 Å². The van der Waals surface area contributed by atoms with E-state index in [1.54, 1.807) is 0 Å². The van der Waals surface area contributed by atoms with Crippen molar-refractivity contribution in [2.45, 2.75) is 70.4 Å². The van der Waals surface area contributed by atoms with E-state index in [0.29, 0.717) is 24.2 Å². The highest BCUT2D eigenvalue weighted by Crippen LogP contribution is 2.34. The summed E-state index contributed by atoms with van der Waals surface area (Å²) in [6.07, 6.45) is 5.81. The molecule has 0 N–H and O–H groups in total. The Kier molecular flexibility index (Phi) is 6.79. The summed E-state index contributed by atoms with van der Waals surface area (Å²) in [6.45, 7) is 7.91. The van der Waals surface area contributed by atoms with E-state index in [-0.39, 0.29) is 12.0 Å². The average molecular weight is 447 g/mol. The van der Waals surface area contributed by atoms with Crippen LogP contribution in [0.5, 0.6) is 0 Å². The number of likely N-dealkylation sites (tertiary alicyclic amines) is 1. The van der Waals surface area contributed by atoms with Crippen LogP contribution in [0.1, 0.15) is 86.7 Å². The molecule has 4 rings (SSSR count). The SMILES string of the molecule is CC(C)c1ccc(CN2CCC(c3nnc([C@@H]4CCCCN4S(C)(=O)=O)o3)CC2)cc1. The summed E-state index contributed by atoms with van der Waals surface area (Å²) >= 11 is 0. The Labute approximate surface area is 185 Å². The van der Waals surface area contributed by atoms with Gasteiger partial charge in [0.15, 0.2) is 0 Å². The van der Waals surface area contributed by atoms with Crippen LogP contribution in [0.25, 0.3) is 0 Å². The first-order valence-electron chi connectivity index (χ1n) is 11.4. The van der Waals surface area contributed by atoms with E-state index in [1.807, 2.05) is 0 Å². The molecule has 0 unspecified atom stereocenters. The zero-order valence-electron chi connectivity index (χ0n) is 18.8. The lowest BCUT2D eigenvalue weighted by atomic mass is 9.96.